The molecule has 0 bridgehead atoms. The van der Waals surface area contributed by atoms with E-state index in [2.05, 4.69) is 10.0 Å². The van der Waals surface area contributed by atoms with Crippen LogP contribution in [0.3, 0.4) is 0 Å². The average molecular weight is 373 g/mol. The van der Waals surface area contributed by atoms with Crippen molar-refractivity contribution in [3.8, 4) is 22.3 Å². The van der Waals surface area contributed by atoms with Gasteiger partial charge in [-0.3, -0.25) is 0 Å². The Morgan fingerprint density at radius 3 is 1.79 bits per heavy atom. The number of aromatic carboxylic acids is 2. The zero-order valence-corrected chi connectivity index (χ0v) is 14.6. The van der Waals surface area contributed by atoms with Gasteiger partial charge in [-0.1, -0.05) is 47.6 Å². The minimum Gasteiger partial charge on any atom is -0.478 e. The van der Waals surface area contributed by atoms with E-state index in [1.807, 2.05) is 18.2 Å². The van der Waals surface area contributed by atoms with Gasteiger partial charge in [0.1, 0.15) is 0 Å². The van der Waals surface area contributed by atoms with E-state index in [1.165, 1.54) is 24.3 Å². The molecule has 0 atom stereocenters. The number of carboxylic acid groups (broad SMARTS) is 2. The molecule has 0 aromatic heterocycles. The van der Waals surface area contributed by atoms with Gasteiger partial charge in [0.25, 0.3) is 0 Å². The largest absolute Gasteiger partial charge is 0.478 e. The van der Waals surface area contributed by atoms with E-state index in [0.29, 0.717) is 0 Å². The van der Waals surface area contributed by atoms with Crippen molar-refractivity contribution in [1.29, 1.82) is 0 Å². The molecule has 0 saturated carbocycles. The first-order chi connectivity index (χ1) is 13.5. The molecule has 0 amide bonds. The van der Waals surface area contributed by atoms with Crippen LogP contribution in [0.25, 0.3) is 32.7 Å². The molecule has 0 aliphatic carbocycles. The topological polar surface area (TPSA) is 123 Å². The van der Waals surface area contributed by atoms with E-state index < -0.39 is 11.9 Å². The van der Waals surface area contributed by atoms with Gasteiger partial charge in [0.15, 0.2) is 0 Å². The van der Waals surface area contributed by atoms with Gasteiger partial charge in [0.05, 0.1) is 17.7 Å². The molecule has 28 heavy (non-hydrogen) atoms. The summed E-state index contributed by atoms with van der Waals surface area (Å²) in [5, 5.41) is 21.7. The molecule has 0 radical (unpaired) electrons. The van der Waals surface area contributed by atoms with Crippen LogP contribution in [-0.4, -0.2) is 22.2 Å². The fourth-order valence-corrected chi connectivity index (χ4v) is 2.89. The van der Waals surface area contributed by atoms with Gasteiger partial charge in [-0.05, 0) is 57.6 Å². The molecular formula is C21H15N3O4. The number of hydrogen-bond donors (Lipinski definition) is 2. The fraction of sp³-hybridized carbons (Fsp3) is 0.0476. The highest BCUT2D eigenvalue weighted by molar-refractivity contribution is 5.89. The third-order valence-electron chi connectivity index (χ3n) is 4.32. The van der Waals surface area contributed by atoms with E-state index in [-0.39, 0.29) is 17.7 Å². The second kappa shape index (κ2) is 8.07. The Hall–Kier alpha value is -4.09. The number of azide groups is 1. The minimum atomic E-state index is -0.999. The highest BCUT2D eigenvalue weighted by Gasteiger charge is 2.10. The van der Waals surface area contributed by atoms with Crippen molar-refractivity contribution in [2.45, 2.75) is 6.54 Å². The van der Waals surface area contributed by atoms with Gasteiger partial charge in [-0.15, -0.1) is 0 Å². The molecule has 0 heterocycles. The normalized spacial score (nSPS) is 10.1. The Morgan fingerprint density at radius 2 is 1.29 bits per heavy atom. The van der Waals surface area contributed by atoms with Crippen molar-refractivity contribution in [2.24, 2.45) is 5.11 Å². The molecule has 2 N–H and O–H groups in total. The van der Waals surface area contributed by atoms with Gasteiger partial charge in [-0.25, -0.2) is 9.59 Å². The van der Waals surface area contributed by atoms with Crippen molar-refractivity contribution in [1.82, 2.24) is 0 Å². The second-order valence-electron chi connectivity index (χ2n) is 6.03. The summed E-state index contributed by atoms with van der Waals surface area (Å²) in [5.41, 5.74) is 13.2. The summed E-state index contributed by atoms with van der Waals surface area (Å²) >= 11 is 0. The van der Waals surface area contributed by atoms with Gasteiger partial charge in [0.2, 0.25) is 0 Å². The van der Waals surface area contributed by atoms with Crippen LogP contribution in [0.15, 0.2) is 71.8 Å². The fourth-order valence-electron chi connectivity index (χ4n) is 2.89. The van der Waals surface area contributed by atoms with Crippen molar-refractivity contribution in [3.63, 3.8) is 0 Å². The Balaban J connectivity index is 2.03. The molecule has 0 aliphatic rings. The molecule has 0 fully saturated rings. The van der Waals surface area contributed by atoms with E-state index in [0.717, 1.165) is 27.8 Å². The van der Waals surface area contributed by atoms with Crippen molar-refractivity contribution in [3.05, 3.63) is 93.9 Å². The highest BCUT2D eigenvalue weighted by Crippen LogP contribution is 2.30. The van der Waals surface area contributed by atoms with Gasteiger partial charge in [-0.2, -0.15) is 0 Å². The number of carboxylic acids is 2. The number of benzene rings is 3. The van der Waals surface area contributed by atoms with E-state index in [4.69, 9.17) is 15.7 Å². The molecule has 7 heteroatoms. The SMILES string of the molecule is [N-]=[N+]=NCc1cc(-c2ccc(C(=O)O)cc2)ccc1-c1ccc(C(=O)O)cc1. The maximum Gasteiger partial charge on any atom is 0.335 e. The quantitative estimate of drug-likeness (QED) is 0.349. The molecule has 138 valence electrons. The third kappa shape index (κ3) is 4.00. The van der Waals surface area contributed by atoms with Gasteiger partial charge >= 0.3 is 11.9 Å². The maximum absolute atomic E-state index is 11.0. The van der Waals surface area contributed by atoms with Gasteiger partial charge in [0, 0.05) is 4.91 Å². The predicted molar refractivity (Wildman–Crippen MR) is 104 cm³/mol. The van der Waals surface area contributed by atoms with E-state index >= 15 is 0 Å². The van der Waals surface area contributed by atoms with Crippen LogP contribution in [0.5, 0.6) is 0 Å². The zero-order chi connectivity index (χ0) is 20.1. The Bertz CT molecular complexity index is 1080. The summed E-state index contributed by atoms with van der Waals surface area (Å²) < 4.78 is 0. The van der Waals surface area contributed by atoms with Crippen LogP contribution < -0.4 is 0 Å². The zero-order valence-electron chi connectivity index (χ0n) is 14.6. The Labute approximate surface area is 160 Å². The Kier molecular flexibility index (Phi) is 5.39. The second-order valence-corrected chi connectivity index (χ2v) is 6.03. The molecule has 0 unspecified atom stereocenters. The van der Waals surface area contributed by atoms with E-state index in [1.54, 1.807) is 24.3 Å². The Morgan fingerprint density at radius 1 is 0.786 bits per heavy atom. The molecular weight excluding hydrogens is 358 g/mol. The lowest BCUT2D eigenvalue weighted by atomic mass is 9.94. The summed E-state index contributed by atoms with van der Waals surface area (Å²) in [7, 11) is 0. The lowest BCUT2D eigenvalue weighted by Crippen LogP contribution is -1.96. The van der Waals surface area contributed by atoms with Crippen molar-refractivity contribution >= 4 is 11.9 Å². The van der Waals surface area contributed by atoms with E-state index in [9.17, 15) is 9.59 Å². The molecule has 0 saturated heterocycles. The van der Waals surface area contributed by atoms with Gasteiger partial charge < -0.3 is 10.2 Å². The van der Waals surface area contributed by atoms with Crippen molar-refractivity contribution < 1.29 is 19.8 Å². The van der Waals surface area contributed by atoms with Crippen LogP contribution in [0.2, 0.25) is 0 Å². The number of carbonyl (C=O) groups is 2. The van der Waals surface area contributed by atoms with Crippen LogP contribution in [0, 0.1) is 0 Å². The standard InChI is InChI=1S/C21H15N3O4/c22-24-23-12-18-11-17(13-1-5-15(6-2-13)20(25)26)9-10-19(18)14-3-7-16(8-4-14)21(27)28/h1-11H,12H2,(H,25,26)(H,27,28). The molecule has 3 aromatic carbocycles. The lowest BCUT2D eigenvalue weighted by Gasteiger charge is -2.12. The summed E-state index contributed by atoms with van der Waals surface area (Å²) in [6.07, 6.45) is 0. The molecule has 3 rings (SSSR count). The number of nitrogens with zero attached hydrogens (tertiary/aromatic N) is 3. The summed E-state index contributed by atoms with van der Waals surface area (Å²) in [5.74, 6) is -1.99. The predicted octanol–water partition coefficient (Wildman–Crippen LogP) is 5.23. The maximum atomic E-state index is 11.0. The smallest absolute Gasteiger partial charge is 0.335 e. The van der Waals surface area contributed by atoms with Crippen molar-refractivity contribution in [2.75, 3.05) is 0 Å². The third-order valence-corrected chi connectivity index (χ3v) is 4.32. The molecule has 7 nitrogen and oxygen atoms in total. The van der Waals surface area contributed by atoms with Crippen LogP contribution in [0.4, 0.5) is 0 Å². The number of rotatable bonds is 6. The summed E-state index contributed by atoms with van der Waals surface area (Å²) in [6.45, 7) is 0.133. The lowest BCUT2D eigenvalue weighted by molar-refractivity contribution is 0.0686. The van der Waals surface area contributed by atoms with Crippen LogP contribution in [-0.2, 0) is 6.54 Å². The first-order valence-corrected chi connectivity index (χ1v) is 8.31. The average Bonchev–Trinajstić information content (AvgIpc) is 2.72. The summed E-state index contributed by atoms with van der Waals surface area (Å²) in [6, 6.07) is 18.6. The first kappa shape index (κ1) is 18.7. The summed E-state index contributed by atoms with van der Waals surface area (Å²) in [4.78, 5) is 24.9. The molecule has 0 aliphatic heterocycles. The first-order valence-electron chi connectivity index (χ1n) is 8.31. The minimum absolute atomic E-state index is 0.133. The highest BCUT2D eigenvalue weighted by atomic mass is 16.4. The van der Waals surface area contributed by atoms with Crippen LogP contribution in [0.1, 0.15) is 26.3 Å². The number of hydrogen-bond acceptors (Lipinski definition) is 3. The molecule has 0 spiro atoms. The molecule has 3 aromatic rings. The monoisotopic (exact) mass is 373 g/mol. The van der Waals surface area contributed by atoms with Crippen LogP contribution >= 0.6 is 0 Å².